The molecule has 0 unspecified atom stereocenters. The van der Waals surface area contributed by atoms with Gasteiger partial charge in [0.15, 0.2) is 0 Å². The van der Waals surface area contributed by atoms with E-state index >= 15 is 0 Å². The minimum Gasteiger partial charge on any atom is -0.497 e. The van der Waals surface area contributed by atoms with Gasteiger partial charge in [0.05, 0.1) is 18.5 Å². The molecule has 1 saturated carbocycles. The van der Waals surface area contributed by atoms with Gasteiger partial charge in [-0.05, 0) is 80.7 Å². The number of hydrogen-bond donors (Lipinski definition) is 3. The average molecular weight is 454 g/mol. The van der Waals surface area contributed by atoms with Crippen LogP contribution in [-0.4, -0.2) is 66.5 Å². The summed E-state index contributed by atoms with van der Waals surface area (Å²) in [7, 11) is 1.69. The second-order valence-electron chi connectivity index (χ2n) is 10.9. The highest BCUT2D eigenvalue weighted by Crippen LogP contribution is 2.61. The van der Waals surface area contributed by atoms with Crippen LogP contribution in [0, 0.1) is 5.92 Å². The Balaban J connectivity index is 1.43. The molecule has 4 fully saturated rings. The van der Waals surface area contributed by atoms with Crippen molar-refractivity contribution in [3.63, 3.8) is 0 Å². The van der Waals surface area contributed by atoms with Crippen LogP contribution in [0.3, 0.4) is 0 Å². The highest BCUT2D eigenvalue weighted by Gasteiger charge is 2.69. The lowest BCUT2D eigenvalue weighted by Gasteiger charge is -2.66. The van der Waals surface area contributed by atoms with Crippen molar-refractivity contribution in [2.45, 2.75) is 67.5 Å². The Hall–Kier alpha value is -2.09. The third-order valence-corrected chi connectivity index (χ3v) is 9.35. The van der Waals surface area contributed by atoms with Gasteiger partial charge in [-0.15, -0.1) is 0 Å². The number of amides is 1. The molecule has 0 radical (unpaired) electrons. The number of aliphatic hydroxyl groups is 1. The van der Waals surface area contributed by atoms with E-state index in [0.29, 0.717) is 31.0 Å². The lowest BCUT2D eigenvalue weighted by atomic mass is 9.46. The predicted octanol–water partition coefficient (Wildman–Crippen LogP) is 1.83. The summed E-state index contributed by atoms with van der Waals surface area (Å²) in [6.07, 6.45) is 5.62. The molecule has 3 heterocycles. The zero-order valence-electron chi connectivity index (χ0n) is 19.5. The van der Waals surface area contributed by atoms with Gasteiger partial charge in [-0.1, -0.05) is 12.6 Å². The first-order chi connectivity index (χ1) is 15.9. The number of rotatable bonds is 3. The zero-order valence-corrected chi connectivity index (χ0v) is 19.5. The molecule has 6 rings (SSSR count). The van der Waals surface area contributed by atoms with E-state index in [1.54, 1.807) is 7.11 Å². The van der Waals surface area contributed by atoms with Crippen molar-refractivity contribution in [2.75, 3.05) is 33.4 Å². The molecule has 7 nitrogen and oxygen atoms in total. The lowest BCUT2D eigenvalue weighted by Crippen LogP contribution is -2.76. The normalized spacial score (nSPS) is 38.4. The minimum absolute atomic E-state index is 0.0138. The molecule has 7 heteroatoms. The van der Waals surface area contributed by atoms with Crippen molar-refractivity contribution in [2.24, 2.45) is 5.92 Å². The molecule has 4 atom stereocenters. The van der Waals surface area contributed by atoms with Crippen molar-refractivity contribution >= 4 is 5.91 Å². The van der Waals surface area contributed by atoms with E-state index in [-0.39, 0.29) is 11.9 Å². The molecule has 1 aromatic rings. The third kappa shape index (κ3) is 3.01. The molecule has 5 aliphatic rings. The fourth-order valence-corrected chi connectivity index (χ4v) is 7.67. The molecule has 1 spiro atoms. The fourth-order valence-electron chi connectivity index (χ4n) is 7.67. The summed E-state index contributed by atoms with van der Waals surface area (Å²) < 4.78 is 11.2. The SMILES string of the molecule is C=C1NC(=O)[C@@]2(CC[C@@]3(O)[C@H]4Cc5ccc(OC)cc5[C@@]3(CCN4CC3CCOCC3)C2)N1. The third-order valence-electron chi connectivity index (χ3n) is 9.35. The van der Waals surface area contributed by atoms with Gasteiger partial charge in [-0.2, -0.15) is 0 Å². The summed E-state index contributed by atoms with van der Waals surface area (Å²) in [4.78, 5) is 15.7. The first-order valence-electron chi connectivity index (χ1n) is 12.4. The van der Waals surface area contributed by atoms with Crippen LogP contribution in [0.2, 0.25) is 0 Å². The van der Waals surface area contributed by atoms with Crippen molar-refractivity contribution in [1.29, 1.82) is 0 Å². The minimum atomic E-state index is -0.882. The van der Waals surface area contributed by atoms with Gasteiger partial charge >= 0.3 is 0 Å². The van der Waals surface area contributed by atoms with E-state index in [0.717, 1.165) is 63.3 Å². The molecule has 178 valence electrons. The second kappa shape index (κ2) is 7.45. The van der Waals surface area contributed by atoms with Crippen molar-refractivity contribution < 1.29 is 19.4 Å². The number of piperidine rings is 1. The van der Waals surface area contributed by atoms with Gasteiger partial charge in [0.1, 0.15) is 11.3 Å². The molecule has 3 N–H and O–H groups in total. The summed E-state index contributed by atoms with van der Waals surface area (Å²) in [6, 6.07) is 6.37. The van der Waals surface area contributed by atoms with Crippen molar-refractivity contribution in [3.8, 4) is 5.75 Å². The number of methoxy groups -OCH3 is 1. The van der Waals surface area contributed by atoms with Crippen molar-refractivity contribution in [3.05, 3.63) is 41.7 Å². The summed E-state index contributed by atoms with van der Waals surface area (Å²) in [5.74, 6) is 1.98. The molecule has 2 aliphatic carbocycles. The van der Waals surface area contributed by atoms with Crippen LogP contribution in [0.15, 0.2) is 30.6 Å². The van der Waals surface area contributed by atoms with Crippen LogP contribution >= 0.6 is 0 Å². The van der Waals surface area contributed by atoms with Crippen molar-refractivity contribution in [1.82, 2.24) is 15.5 Å². The number of likely N-dealkylation sites (tertiary alicyclic amines) is 1. The maximum Gasteiger partial charge on any atom is 0.251 e. The maximum atomic E-state index is 13.1. The number of nitrogens with zero attached hydrogens (tertiary/aromatic N) is 1. The van der Waals surface area contributed by atoms with E-state index in [2.05, 4.69) is 34.2 Å². The molecule has 1 aromatic carbocycles. The molecular formula is C26H35N3O4. The van der Waals surface area contributed by atoms with Gasteiger partial charge in [-0.3, -0.25) is 9.69 Å². The number of carbonyl (C=O) groups is 1. The number of nitrogens with one attached hydrogen (secondary N) is 2. The zero-order chi connectivity index (χ0) is 22.8. The van der Waals surface area contributed by atoms with Crippen LogP contribution in [0.4, 0.5) is 0 Å². The van der Waals surface area contributed by atoms with Gasteiger partial charge in [-0.25, -0.2) is 0 Å². The van der Waals surface area contributed by atoms with Crippen LogP contribution in [0.25, 0.3) is 0 Å². The monoisotopic (exact) mass is 453 g/mol. The Labute approximate surface area is 195 Å². The van der Waals surface area contributed by atoms with E-state index in [9.17, 15) is 9.90 Å². The summed E-state index contributed by atoms with van der Waals surface area (Å²) in [5, 5.41) is 18.8. The summed E-state index contributed by atoms with van der Waals surface area (Å²) in [6.45, 7) is 7.58. The largest absolute Gasteiger partial charge is 0.497 e. The number of ether oxygens (including phenoxy) is 2. The van der Waals surface area contributed by atoms with Gasteiger partial charge in [0.2, 0.25) is 0 Å². The van der Waals surface area contributed by atoms with E-state index in [1.165, 1.54) is 5.56 Å². The summed E-state index contributed by atoms with van der Waals surface area (Å²) >= 11 is 0. The van der Waals surface area contributed by atoms with Gasteiger partial charge in [0.25, 0.3) is 5.91 Å². The number of fused-ring (bicyclic) bond motifs is 1. The standard InChI is InChI=1S/C26H35N3O4/c1-17-27-23(30)25(28-17)7-8-26(31)22-13-19-3-4-20(32-2)14-21(19)24(26,16-25)9-10-29(22)15-18-5-11-33-12-6-18/h3-4,14,18,22,28,31H,1,5-13,15-16H2,2H3,(H,27,30)/t22-,24-,25+,26-/m1/s1. The Morgan fingerprint density at radius 1 is 1.27 bits per heavy atom. The van der Waals surface area contributed by atoms with Gasteiger partial charge < -0.3 is 25.2 Å². The topological polar surface area (TPSA) is 83.1 Å². The Morgan fingerprint density at radius 3 is 2.82 bits per heavy atom. The molecule has 3 aliphatic heterocycles. The van der Waals surface area contributed by atoms with E-state index in [4.69, 9.17) is 9.47 Å². The first-order valence-corrected chi connectivity index (χ1v) is 12.4. The second-order valence-corrected chi connectivity index (χ2v) is 10.9. The molecule has 33 heavy (non-hydrogen) atoms. The van der Waals surface area contributed by atoms with Crippen LogP contribution < -0.4 is 15.4 Å². The Bertz CT molecular complexity index is 992. The van der Waals surface area contributed by atoms with Crippen LogP contribution in [0.5, 0.6) is 5.75 Å². The molecule has 0 aromatic heterocycles. The van der Waals surface area contributed by atoms with Gasteiger partial charge in [0, 0.05) is 31.2 Å². The summed E-state index contributed by atoms with van der Waals surface area (Å²) in [5.41, 5.74) is 0.342. The van der Waals surface area contributed by atoms with E-state index < -0.39 is 16.6 Å². The average Bonchev–Trinajstić information content (AvgIpc) is 3.09. The Morgan fingerprint density at radius 2 is 2.09 bits per heavy atom. The maximum absolute atomic E-state index is 13.1. The predicted molar refractivity (Wildman–Crippen MR) is 124 cm³/mol. The molecule has 2 bridgehead atoms. The van der Waals surface area contributed by atoms with Crippen LogP contribution in [-0.2, 0) is 21.4 Å². The lowest BCUT2D eigenvalue weighted by molar-refractivity contribution is -0.182. The first kappa shape index (κ1) is 21.4. The highest BCUT2D eigenvalue weighted by atomic mass is 16.5. The van der Waals surface area contributed by atoms with Crippen LogP contribution in [0.1, 0.15) is 49.7 Å². The molecule has 3 saturated heterocycles. The Kier molecular flexibility index (Phi) is 4.84. The molecular weight excluding hydrogens is 418 g/mol. The smallest absolute Gasteiger partial charge is 0.251 e. The van der Waals surface area contributed by atoms with E-state index in [1.807, 2.05) is 6.07 Å². The number of carbonyl (C=O) groups excluding carboxylic acids is 1. The number of hydrogen-bond acceptors (Lipinski definition) is 6. The number of benzene rings is 1. The highest BCUT2D eigenvalue weighted by molar-refractivity contribution is 5.91. The molecule has 1 amide bonds. The fraction of sp³-hybridized carbons (Fsp3) is 0.654. The quantitative estimate of drug-likeness (QED) is 0.648.